The van der Waals surface area contributed by atoms with Crippen LogP contribution in [0.3, 0.4) is 0 Å². The van der Waals surface area contributed by atoms with Crippen molar-refractivity contribution in [1.82, 2.24) is 0 Å². The first kappa shape index (κ1) is 14.6. The Morgan fingerprint density at radius 2 is 1.57 bits per heavy atom. The van der Waals surface area contributed by atoms with E-state index < -0.39 is 0 Å². The summed E-state index contributed by atoms with van der Waals surface area (Å²) in [7, 11) is 0. The molecule has 21 heavy (non-hydrogen) atoms. The molecular formula is C20H17N. The Kier molecular flexibility index (Phi) is 5.32. The highest BCUT2D eigenvalue weighted by molar-refractivity contribution is 5.69. The molecule has 0 N–H and O–H groups in total. The van der Waals surface area contributed by atoms with Crippen LogP contribution in [-0.2, 0) is 0 Å². The second kappa shape index (κ2) is 7.67. The van der Waals surface area contributed by atoms with E-state index in [1.807, 2.05) is 66.8 Å². The Labute approximate surface area is 126 Å². The predicted molar refractivity (Wildman–Crippen MR) is 89.3 cm³/mol. The molecule has 0 spiro atoms. The highest BCUT2D eigenvalue weighted by atomic mass is 14.2. The summed E-state index contributed by atoms with van der Waals surface area (Å²) in [4.78, 5) is 0. The summed E-state index contributed by atoms with van der Waals surface area (Å²) in [6.45, 7) is 2.05. The number of benzene rings is 2. The van der Waals surface area contributed by atoms with E-state index in [9.17, 15) is 0 Å². The summed E-state index contributed by atoms with van der Waals surface area (Å²) in [5.74, 6) is 0. The van der Waals surface area contributed by atoms with Crippen LogP contribution in [0.4, 0.5) is 0 Å². The molecule has 0 saturated heterocycles. The van der Waals surface area contributed by atoms with Crippen LogP contribution < -0.4 is 0 Å². The number of allylic oxidation sites excluding steroid dienone is 5. The first-order valence-corrected chi connectivity index (χ1v) is 6.86. The predicted octanol–water partition coefficient (Wildman–Crippen LogP) is 5.25. The second-order valence-electron chi connectivity index (χ2n) is 4.71. The van der Waals surface area contributed by atoms with Gasteiger partial charge in [-0.05, 0) is 29.2 Å². The summed E-state index contributed by atoms with van der Waals surface area (Å²) in [6.07, 6.45) is 7.56. The summed E-state index contributed by atoms with van der Waals surface area (Å²) in [5, 5.41) is 8.93. The monoisotopic (exact) mass is 271 g/mol. The van der Waals surface area contributed by atoms with Gasteiger partial charge in [0.1, 0.15) is 0 Å². The Morgan fingerprint density at radius 3 is 2.19 bits per heavy atom. The van der Waals surface area contributed by atoms with Crippen molar-refractivity contribution in [2.45, 2.75) is 6.92 Å². The molecule has 2 aromatic rings. The standard InChI is InChI=1S/C20H17N/c1-17(20-10-6-3-7-11-20)16-19(14-15-21)13-12-18-8-4-2-5-9-18/h2-14,16H,1H3. The van der Waals surface area contributed by atoms with Gasteiger partial charge in [0.05, 0.1) is 6.07 Å². The molecule has 0 fully saturated rings. The van der Waals surface area contributed by atoms with Crippen LogP contribution in [0.15, 0.2) is 84.5 Å². The maximum Gasteiger partial charge on any atom is 0.0918 e. The van der Waals surface area contributed by atoms with E-state index in [1.165, 1.54) is 0 Å². The maximum atomic E-state index is 8.93. The van der Waals surface area contributed by atoms with Gasteiger partial charge in [-0.25, -0.2) is 0 Å². The van der Waals surface area contributed by atoms with Crippen LogP contribution in [0.1, 0.15) is 18.1 Å². The Balaban J connectivity index is 2.23. The van der Waals surface area contributed by atoms with Crippen molar-refractivity contribution in [3.63, 3.8) is 0 Å². The number of nitrogens with zero attached hydrogens (tertiary/aromatic N) is 1. The van der Waals surface area contributed by atoms with Gasteiger partial charge in [-0.1, -0.05) is 78.9 Å². The fourth-order valence-electron chi connectivity index (χ4n) is 2.00. The summed E-state index contributed by atoms with van der Waals surface area (Å²) in [6, 6.07) is 22.3. The molecule has 0 heterocycles. The van der Waals surface area contributed by atoms with Gasteiger partial charge in [-0.15, -0.1) is 0 Å². The molecule has 0 amide bonds. The van der Waals surface area contributed by atoms with Crippen LogP contribution in [0.5, 0.6) is 0 Å². The second-order valence-corrected chi connectivity index (χ2v) is 4.71. The number of nitriles is 1. The molecule has 0 saturated carbocycles. The van der Waals surface area contributed by atoms with E-state index in [-0.39, 0.29) is 0 Å². The first-order chi connectivity index (χ1) is 10.3. The fourth-order valence-corrected chi connectivity index (χ4v) is 2.00. The average Bonchev–Trinajstić information content (AvgIpc) is 2.54. The van der Waals surface area contributed by atoms with Crippen molar-refractivity contribution in [2.24, 2.45) is 0 Å². The lowest BCUT2D eigenvalue weighted by molar-refractivity contribution is 1.51. The minimum atomic E-state index is 0.891. The van der Waals surface area contributed by atoms with Gasteiger partial charge < -0.3 is 0 Å². The summed E-state index contributed by atoms with van der Waals surface area (Å²) in [5.41, 5.74) is 4.30. The number of hydrogen-bond donors (Lipinski definition) is 0. The van der Waals surface area contributed by atoms with Gasteiger partial charge in [-0.2, -0.15) is 5.26 Å². The largest absolute Gasteiger partial charge is 0.193 e. The lowest BCUT2D eigenvalue weighted by atomic mass is 10.0. The van der Waals surface area contributed by atoms with Crippen molar-refractivity contribution in [3.05, 3.63) is 95.6 Å². The molecule has 0 aromatic heterocycles. The Morgan fingerprint density at radius 1 is 0.952 bits per heavy atom. The lowest BCUT2D eigenvalue weighted by Crippen LogP contribution is -1.80. The molecule has 0 aliphatic carbocycles. The van der Waals surface area contributed by atoms with Crippen LogP contribution >= 0.6 is 0 Å². The third kappa shape index (κ3) is 4.63. The number of hydrogen-bond acceptors (Lipinski definition) is 1. The Hall–Kier alpha value is -2.85. The van der Waals surface area contributed by atoms with E-state index in [2.05, 4.69) is 25.1 Å². The summed E-state index contributed by atoms with van der Waals surface area (Å²) < 4.78 is 0. The van der Waals surface area contributed by atoms with E-state index in [4.69, 9.17) is 5.26 Å². The van der Waals surface area contributed by atoms with Gasteiger partial charge in [0, 0.05) is 6.08 Å². The van der Waals surface area contributed by atoms with Crippen LogP contribution in [0, 0.1) is 11.3 Å². The molecule has 1 nitrogen and oxygen atoms in total. The highest BCUT2D eigenvalue weighted by Crippen LogP contribution is 2.16. The van der Waals surface area contributed by atoms with Gasteiger partial charge >= 0.3 is 0 Å². The first-order valence-electron chi connectivity index (χ1n) is 6.86. The molecule has 0 radical (unpaired) electrons. The minimum absolute atomic E-state index is 0.891. The molecule has 2 rings (SSSR count). The van der Waals surface area contributed by atoms with Crippen molar-refractivity contribution in [2.75, 3.05) is 0 Å². The fraction of sp³-hybridized carbons (Fsp3) is 0.0500. The third-order valence-electron chi connectivity index (χ3n) is 3.11. The molecule has 0 aliphatic heterocycles. The molecule has 0 unspecified atom stereocenters. The lowest BCUT2D eigenvalue weighted by Gasteiger charge is -2.01. The SMILES string of the molecule is CC(=CC(C=Cc1ccccc1)=CC#N)c1ccccc1. The molecule has 2 aromatic carbocycles. The highest BCUT2D eigenvalue weighted by Gasteiger charge is 1.95. The quantitative estimate of drug-likeness (QED) is 0.550. The molecule has 0 atom stereocenters. The van der Waals surface area contributed by atoms with Crippen molar-refractivity contribution in [1.29, 1.82) is 5.26 Å². The average molecular weight is 271 g/mol. The van der Waals surface area contributed by atoms with E-state index >= 15 is 0 Å². The van der Waals surface area contributed by atoms with E-state index in [0.29, 0.717) is 0 Å². The van der Waals surface area contributed by atoms with Crippen molar-refractivity contribution >= 4 is 11.6 Å². The maximum absolute atomic E-state index is 8.93. The van der Waals surface area contributed by atoms with E-state index in [0.717, 1.165) is 22.3 Å². The Bertz CT molecular complexity index is 699. The topological polar surface area (TPSA) is 23.8 Å². The summed E-state index contributed by atoms with van der Waals surface area (Å²) >= 11 is 0. The van der Waals surface area contributed by atoms with Gasteiger partial charge in [0.2, 0.25) is 0 Å². The van der Waals surface area contributed by atoms with Crippen LogP contribution in [0.25, 0.3) is 11.6 Å². The van der Waals surface area contributed by atoms with E-state index in [1.54, 1.807) is 6.08 Å². The molecule has 102 valence electrons. The zero-order valence-corrected chi connectivity index (χ0v) is 12.0. The smallest absolute Gasteiger partial charge is 0.0918 e. The minimum Gasteiger partial charge on any atom is -0.193 e. The van der Waals surface area contributed by atoms with Gasteiger partial charge in [0.15, 0.2) is 0 Å². The molecule has 0 aliphatic rings. The zero-order valence-electron chi connectivity index (χ0n) is 12.0. The van der Waals surface area contributed by atoms with Crippen LogP contribution in [-0.4, -0.2) is 0 Å². The van der Waals surface area contributed by atoms with Crippen LogP contribution in [0.2, 0.25) is 0 Å². The third-order valence-corrected chi connectivity index (χ3v) is 3.11. The van der Waals surface area contributed by atoms with Gasteiger partial charge in [0.25, 0.3) is 0 Å². The number of rotatable bonds is 4. The normalized spacial score (nSPS) is 12.4. The zero-order chi connectivity index (χ0) is 14.9. The van der Waals surface area contributed by atoms with Gasteiger partial charge in [-0.3, -0.25) is 0 Å². The van der Waals surface area contributed by atoms with Crippen molar-refractivity contribution in [3.8, 4) is 6.07 Å². The van der Waals surface area contributed by atoms with Crippen molar-refractivity contribution < 1.29 is 0 Å². The molecular weight excluding hydrogens is 254 g/mol. The molecule has 1 heteroatoms. The molecule has 0 bridgehead atoms.